The average molecular weight is 409 g/mol. The van der Waals surface area contributed by atoms with Gasteiger partial charge in [0.15, 0.2) is 0 Å². The van der Waals surface area contributed by atoms with Crippen molar-refractivity contribution in [1.29, 1.82) is 0 Å². The SMILES string of the molecule is C#Cc1ccc2c(c1)C(C)(C)c1cc(/C=C/c3ccc(-c4cccs4)s3)ccc1-2. The van der Waals surface area contributed by atoms with E-state index in [1.165, 1.54) is 42.4 Å². The van der Waals surface area contributed by atoms with Crippen LogP contribution in [0.5, 0.6) is 0 Å². The van der Waals surface area contributed by atoms with Gasteiger partial charge in [0.05, 0.1) is 0 Å². The zero-order chi connectivity index (χ0) is 20.0. The molecule has 0 amide bonds. The normalized spacial score (nSPS) is 14.0. The molecule has 140 valence electrons. The van der Waals surface area contributed by atoms with Gasteiger partial charge in [-0.05, 0) is 69.6 Å². The minimum absolute atomic E-state index is 0.0450. The van der Waals surface area contributed by atoms with Gasteiger partial charge in [-0.15, -0.1) is 29.1 Å². The molecule has 29 heavy (non-hydrogen) atoms. The molecule has 2 heteroatoms. The van der Waals surface area contributed by atoms with Crippen molar-refractivity contribution in [2.75, 3.05) is 0 Å². The molecule has 0 fully saturated rings. The Kier molecular flexibility index (Phi) is 4.32. The minimum atomic E-state index is -0.0450. The summed E-state index contributed by atoms with van der Waals surface area (Å²) in [6.07, 6.45) is 10.1. The van der Waals surface area contributed by atoms with E-state index >= 15 is 0 Å². The maximum Gasteiger partial charge on any atom is 0.0448 e. The predicted molar refractivity (Wildman–Crippen MR) is 129 cm³/mol. The molecule has 5 rings (SSSR count). The first-order valence-electron chi connectivity index (χ1n) is 9.64. The highest BCUT2D eigenvalue weighted by Crippen LogP contribution is 2.49. The smallest absolute Gasteiger partial charge is 0.0448 e. The fourth-order valence-corrected chi connectivity index (χ4v) is 5.87. The quantitative estimate of drug-likeness (QED) is 0.302. The Balaban J connectivity index is 1.47. The van der Waals surface area contributed by atoms with Gasteiger partial charge >= 0.3 is 0 Å². The Morgan fingerprint density at radius 2 is 1.66 bits per heavy atom. The first kappa shape index (κ1) is 18.2. The first-order valence-corrected chi connectivity index (χ1v) is 11.3. The number of fused-ring (bicyclic) bond motifs is 3. The van der Waals surface area contributed by atoms with Gasteiger partial charge in [-0.25, -0.2) is 0 Å². The van der Waals surface area contributed by atoms with Crippen LogP contribution in [0.2, 0.25) is 0 Å². The average Bonchev–Trinajstić information content (AvgIpc) is 3.46. The zero-order valence-corrected chi connectivity index (χ0v) is 18.0. The fraction of sp³-hybridized carbons (Fsp3) is 0.111. The summed E-state index contributed by atoms with van der Waals surface area (Å²) in [5, 5.41) is 2.13. The van der Waals surface area contributed by atoms with Gasteiger partial charge in [0.25, 0.3) is 0 Å². The number of thiophene rings is 2. The van der Waals surface area contributed by atoms with Gasteiger partial charge in [-0.3, -0.25) is 0 Å². The van der Waals surface area contributed by atoms with Crippen LogP contribution >= 0.6 is 22.7 Å². The van der Waals surface area contributed by atoms with Gasteiger partial charge < -0.3 is 0 Å². The van der Waals surface area contributed by atoms with Crippen molar-refractivity contribution in [3.8, 4) is 33.2 Å². The Bertz CT molecular complexity index is 1270. The van der Waals surface area contributed by atoms with Crippen LogP contribution in [0.3, 0.4) is 0 Å². The fourth-order valence-electron chi connectivity index (χ4n) is 4.12. The summed E-state index contributed by atoms with van der Waals surface area (Å²) < 4.78 is 0. The van der Waals surface area contributed by atoms with E-state index in [1.807, 2.05) is 17.4 Å². The van der Waals surface area contributed by atoms with Crippen LogP contribution in [-0.4, -0.2) is 0 Å². The van der Waals surface area contributed by atoms with Crippen LogP contribution < -0.4 is 0 Å². The minimum Gasteiger partial charge on any atom is -0.143 e. The summed E-state index contributed by atoms with van der Waals surface area (Å²) in [6, 6.07) is 21.9. The summed E-state index contributed by atoms with van der Waals surface area (Å²) in [5.41, 5.74) is 7.45. The molecular formula is C27H20S2. The van der Waals surface area contributed by atoms with E-state index in [-0.39, 0.29) is 5.41 Å². The number of hydrogen-bond donors (Lipinski definition) is 0. The van der Waals surface area contributed by atoms with Crippen molar-refractivity contribution in [2.24, 2.45) is 0 Å². The molecule has 2 heterocycles. The molecule has 2 aromatic carbocycles. The predicted octanol–water partition coefficient (Wildman–Crippen LogP) is 7.93. The number of terminal acetylenes is 1. The maximum absolute atomic E-state index is 5.63. The lowest BCUT2D eigenvalue weighted by Gasteiger charge is -2.22. The van der Waals surface area contributed by atoms with E-state index in [0.29, 0.717) is 0 Å². The Hall–Kier alpha value is -2.86. The third-order valence-corrected chi connectivity index (χ3v) is 7.81. The number of rotatable bonds is 3. The van der Waals surface area contributed by atoms with Crippen molar-refractivity contribution < 1.29 is 0 Å². The lowest BCUT2D eigenvalue weighted by molar-refractivity contribution is 0.660. The van der Waals surface area contributed by atoms with Crippen molar-refractivity contribution >= 4 is 34.8 Å². The van der Waals surface area contributed by atoms with Crippen LogP contribution in [-0.2, 0) is 5.41 Å². The molecule has 0 spiro atoms. The standard InChI is InChI=1S/C27H20S2/c1-4-18-8-12-21-22-13-9-19(17-24(22)27(2,3)23(21)16-18)7-10-20-11-14-26(29-20)25-6-5-15-28-25/h1,5-17H,2-3H3/b10-7+. The van der Waals surface area contributed by atoms with E-state index in [2.05, 4.69) is 91.9 Å². The molecule has 0 aliphatic heterocycles. The highest BCUT2D eigenvalue weighted by Gasteiger charge is 2.35. The van der Waals surface area contributed by atoms with Crippen molar-refractivity contribution in [3.63, 3.8) is 0 Å². The van der Waals surface area contributed by atoms with Gasteiger partial charge in [-0.1, -0.05) is 56.2 Å². The van der Waals surface area contributed by atoms with Crippen LogP contribution in [0.15, 0.2) is 66.0 Å². The van der Waals surface area contributed by atoms with Crippen molar-refractivity contribution in [2.45, 2.75) is 19.3 Å². The number of hydrogen-bond acceptors (Lipinski definition) is 2. The Labute approximate surface area is 180 Å². The maximum atomic E-state index is 5.63. The second-order valence-electron chi connectivity index (χ2n) is 7.85. The van der Waals surface area contributed by atoms with E-state index in [1.54, 1.807) is 11.3 Å². The third-order valence-electron chi connectivity index (χ3n) is 5.70. The van der Waals surface area contributed by atoms with Crippen LogP contribution in [0.1, 0.15) is 41.0 Å². The lowest BCUT2D eigenvalue weighted by Crippen LogP contribution is -2.15. The molecule has 1 aliphatic carbocycles. The molecule has 0 saturated heterocycles. The van der Waals surface area contributed by atoms with Crippen LogP contribution in [0.25, 0.3) is 33.0 Å². The highest BCUT2D eigenvalue weighted by molar-refractivity contribution is 7.21. The Morgan fingerprint density at radius 1 is 0.862 bits per heavy atom. The van der Waals surface area contributed by atoms with E-state index in [0.717, 1.165) is 5.56 Å². The van der Waals surface area contributed by atoms with Crippen LogP contribution in [0, 0.1) is 12.3 Å². The molecule has 4 aromatic rings. The van der Waals surface area contributed by atoms with Crippen molar-refractivity contribution in [3.05, 3.63) is 93.2 Å². The molecule has 0 atom stereocenters. The summed E-state index contributed by atoms with van der Waals surface area (Å²) in [7, 11) is 0. The molecule has 0 unspecified atom stereocenters. The first-order chi connectivity index (χ1) is 14.1. The summed E-state index contributed by atoms with van der Waals surface area (Å²) in [4.78, 5) is 3.93. The molecule has 1 aliphatic rings. The molecule has 0 nitrogen and oxygen atoms in total. The van der Waals surface area contributed by atoms with E-state index in [9.17, 15) is 0 Å². The van der Waals surface area contributed by atoms with Crippen LogP contribution in [0.4, 0.5) is 0 Å². The molecular weight excluding hydrogens is 388 g/mol. The molecule has 0 bridgehead atoms. The lowest BCUT2D eigenvalue weighted by atomic mass is 9.81. The zero-order valence-electron chi connectivity index (χ0n) is 16.4. The summed E-state index contributed by atoms with van der Waals surface area (Å²) >= 11 is 3.62. The van der Waals surface area contributed by atoms with E-state index < -0.39 is 0 Å². The second-order valence-corrected chi connectivity index (χ2v) is 9.91. The summed E-state index contributed by atoms with van der Waals surface area (Å²) in [5.74, 6) is 2.77. The van der Waals surface area contributed by atoms with Gasteiger partial charge in [0, 0.05) is 25.6 Å². The molecule has 2 aromatic heterocycles. The third kappa shape index (κ3) is 3.08. The topological polar surface area (TPSA) is 0 Å². The number of benzene rings is 2. The molecule has 0 N–H and O–H groups in total. The monoisotopic (exact) mass is 408 g/mol. The molecule has 0 radical (unpaired) electrons. The molecule has 0 saturated carbocycles. The Morgan fingerprint density at radius 3 is 2.41 bits per heavy atom. The highest BCUT2D eigenvalue weighted by atomic mass is 32.1. The van der Waals surface area contributed by atoms with Gasteiger partial charge in [0.2, 0.25) is 0 Å². The summed E-state index contributed by atoms with van der Waals surface area (Å²) in [6.45, 7) is 4.58. The second kappa shape index (κ2) is 6.88. The van der Waals surface area contributed by atoms with Crippen molar-refractivity contribution in [1.82, 2.24) is 0 Å². The van der Waals surface area contributed by atoms with Gasteiger partial charge in [-0.2, -0.15) is 0 Å². The van der Waals surface area contributed by atoms with Gasteiger partial charge in [0.1, 0.15) is 0 Å². The van der Waals surface area contributed by atoms with E-state index in [4.69, 9.17) is 6.42 Å². The largest absolute Gasteiger partial charge is 0.143 e.